The number of carbonyl (C=O) groups excluding carboxylic acids is 3. The number of H-pyrrole nitrogens is 1. The molecule has 4 rings (SSSR count). The van der Waals surface area contributed by atoms with Crippen molar-refractivity contribution in [2.75, 3.05) is 0 Å². The number of aromatic nitrogens is 1. The Balaban J connectivity index is 1.54. The number of para-hydroxylation sites is 1. The van der Waals surface area contributed by atoms with E-state index in [1.54, 1.807) is 37.4 Å². The van der Waals surface area contributed by atoms with Crippen LogP contribution in [0.25, 0.3) is 10.9 Å². The van der Waals surface area contributed by atoms with Crippen molar-refractivity contribution in [3.63, 3.8) is 0 Å². The fourth-order valence-corrected chi connectivity index (χ4v) is 5.24. The Kier molecular flexibility index (Phi) is 11.5. The summed E-state index contributed by atoms with van der Waals surface area (Å²) in [6, 6.07) is 21.8. The lowest BCUT2D eigenvalue weighted by Crippen LogP contribution is -2.59. The van der Waals surface area contributed by atoms with E-state index in [-0.39, 0.29) is 25.2 Å². The molecular formula is C35H41N5O5. The first kappa shape index (κ1) is 32.9. The molecule has 0 aliphatic heterocycles. The highest BCUT2D eigenvalue weighted by molar-refractivity contribution is 5.95. The number of benzene rings is 3. The summed E-state index contributed by atoms with van der Waals surface area (Å²) < 4.78 is 0. The van der Waals surface area contributed by atoms with Crippen molar-refractivity contribution in [3.8, 4) is 0 Å². The highest BCUT2D eigenvalue weighted by Crippen LogP contribution is 2.20. The minimum atomic E-state index is -1.19. The van der Waals surface area contributed by atoms with E-state index >= 15 is 0 Å². The maximum absolute atomic E-state index is 13.9. The van der Waals surface area contributed by atoms with Gasteiger partial charge in [-0.1, -0.05) is 99.1 Å². The van der Waals surface area contributed by atoms with Crippen molar-refractivity contribution >= 4 is 34.6 Å². The van der Waals surface area contributed by atoms with E-state index in [4.69, 9.17) is 5.73 Å². The van der Waals surface area contributed by atoms with E-state index in [0.717, 1.165) is 27.6 Å². The lowest BCUT2D eigenvalue weighted by Gasteiger charge is -2.28. The summed E-state index contributed by atoms with van der Waals surface area (Å²) in [7, 11) is 0. The van der Waals surface area contributed by atoms with Gasteiger partial charge >= 0.3 is 5.97 Å². The monoisotopic (exact) mass is 611 g/mol. The second-order valence-electron chi connectivity index (χ2n) is 11.4. The molecule has 0 aliphatic carbocycles. The largest absolute Gasteiger partial charge is 0.480 e. The SMILES string of the molecule is CCC(C)C(NC(=O)C(Cc1c[nH]c2ccccc12)NC(=O)C(N)Cc1ccccc1)C(=O)NC(Cc1ccccc1)C(=O)O. The Hall–Kier alpha value is -4.96. The summed E-state index contributed by atoms with van der Waals surface area (Å²) in [5.74, 6) is -3.20. The molecule has 0 saturated carbocycles. The predicted octanol–water partition coefficient (Wildman–Crippen LogP) is 3.11. The van der Waals surface area contributed by atoms with E-state index in [2.05, 4.69) is 20.9 Å². The summed E-state index contributed by atoms with van der Waals surface area (Å²) in [6.45, 7) is 3.68. The highest BCUT2D eigenvalue weighted by Gasteiger charge is 2.33. The van der Waals surface area contributed by atoms with Gasteiger partial charge in [0.25, 0.3) is 0 Å². The number of amides is 3. The van der Waals surface area contributed by atoms with Crippen LogP contribution in [0.2, 0.25) is 0 Å². The van der Waals surface area contributed by atoms with Crippen LogP contribution in [0.1, 0.15) is 37.0 Å². The molecule has 5 atom stereocenters. The average molecular weight is 612 g/mol. The summed E-state index contributed by atoms with van der Waals surface area (Å²) in [4.78, 5) is 56.0. The maximum Gasteiger partial charge on any atom is 0.326 e. The molecular weight excluding hydrogens is 570 g/mol. The molecule has 5 unspecified atom stereocenters. The number of carbonyl (C=O) groups is 4. The van der Waals surface area contributed by atoms with Crippen LogP contribution in [0.3, 0.4) is 0 Å². The van der Waals surface area contributed by atoms with E-state index < -0.39 is 47.9 Å². The van der Waals surface area contributed by atoms with Gasteiger partial charge in [0.05, 0.1) is 6.04 Å². The Bertz CT molecular complexity index is 1590. The molecule has 7 N–H and O–H groups in total. The van der Waals surface area contributed by atoms with Crippen LogP contribution in [-0.2, 0) is 38.4 Å². The third kappa shape index (κ3) is 9.02. The van der Waals surface area contributed by atoms with Gasteiger partial charge in [0.15, 0.2) is 0 Å². The van der Waals surface area contributed by atoms with Crippen molar-refractivity contribution < 1.29 is 24.3 Å². The number of carboxylic acids is 1. The molecule has 4 aromatic rings. The molecule has 45 heavy (non-hydrogen) atoms. The maximum atomic E-state index is 13.9. The number of rotatable bonds is 15. The predicted molar refractivity (Wildman–Crippen MR) is 173 cm³/mol. The van der Waals surface area contributed by atoms with Gasteiger partial charge in [-0.05, 0) is 35.1 Å². The Morgan fingerprint density at radius 3 is 1.93 bits per heavy atom. The Labute approximate surface area is 262 Å². The molecule has 0 bridgehead atoms. The van der Waals surface area contributed by atoms with E-state index in [1.807, 2.05) is 67.6 Å². The van der Waals surface area contributed by atoms with Crippen molar-refractivity contribution in [2.24, 2.45) is 11.7 Å². The zero-order valence-corrected chi connectivity index (χ0v) is 25.5. The molecule has 0 fully saturated rings. The summed E-state index contributed by atoms with van der Waals surface area (Å²) in [5.41, 5.74) is 9.58. The Morgan fingerprint density at radius 1 is 0.733 bits per heavy atom. The van der Waals surface area contributed by atoms with Crippen molar-refractivity contribution in [3.05, 3.63) is 108 Å². The average Bonchev–Trinajstić information content (AvgIpc) is 3.45. The second-order valence-corrected chi connectivity index (χ2v) is 11.4. The number of hydrogen-bond acceptors (Lipinski definition) is 5. The second kappa shape index (κ2) is 15.7. The van der Waals surface area contributed by atoms with Gasteiger partial charge in [-0.3, -0.25) is 14.4 Å². The molecule has 10 heteroatoms. The highest BCUT2D eigenvalue weighted by atomic mass is 16.4. The molecule has 3 aromatic carbocycles. The molecule has 0 radical (unpaired) electrons. The van der Waals surface area contributed by atoms with E-state index in [9.17, 15) is 24.3 Å². The number of aromatic amines is 1. The minimum absolute atomic E-state index is 0.0850. The number of nitrogens with one attached hydrogen (secondary N) is 4. The van der Waals surface area contributed by atoms with Crippen LogP contribution < -0.4 is 21.7 Å². The van der Waals surface area contributed by atoms with Crippen molar-refractivity contribution in [1.29, 1.82) is 0 Å². The van der Waals surface area contributed by atoms with E-state index in [1.165, 1.54) is 0 Å². The topological polar surface area (TPSA) is 166 Å². The number of nitrogens with two attached hydrogens (primary N) is 1. The molecule has 0 spiro atoms. The van der Waals surface area contributed by atoms with Gasteiger partial charge in [-0.15, -0.1) is 0 Å². The summed E-state index contributed by atoms with van der Waals surface area (Å²) >= 11 is 0. The van der Waals surface area contributed by atoms with Gasteiger partial charge < -0.3 is 31.8 Å². The van der Waals surface area contributed by atoms with Gasteiger partial charge in [0, 0.05) is 29.9 Å². The number of fused-ring (bicyclic) bond motifs is 1. The smallest absolute Gasteiger partial charge is 0.326 e. The molecule has 1 heterocycles. The Morgan fingerprint density at radius 2 is 1.31 bits per heavy atom. The molecule has 10 nitrogen and oxygen atoms in total. The lowest BCUT2D eigenvalue weighted by atomic mass is 9.96. The fraction of sp³-hybridized carbons (Fsp3) is 0.314. The molecule has 0 aliphatic rings. The van der Waals surface area contributed by atoms with Crippen molar-refractivity contribution in [1.82, 2.24) is 20.9 Å². The van der Waals surface area contributed by atoms with Crippen LogP contribution in [0.15, 0.2) is 91.1 Å². The minimum Gasteiger partial charge on any atom is -0.480 e. The van der Waals surface area contributed by atoms with Crippen LogP contribution in [-0.4, -0.2) is 57.9 Å². The van der Waals surface area contributed by atoms with Crippen LogP contribution >= 0.6 is 0 Å². The first-order chi connectivity index (χ1) is 21.7. The van der Waals surface area contributed by atoms with Crippen LogP contribution in [0.5, 0.6) is 0 Å². The summed E-state index contributed by atoms with van der Waals surface area (Å²) in [6.07, 6.45) is 2.84. The van der Waals surface area contributed by atoms with Crippen LogP contribution in [0.4, 0.5) is 0 Å². The number of carboxylic acid groups (broad SMARTS) is 1. The lowest BCUT2D eigenvalue weighted by molar-refractivity contribution is -0.142. The molecule has 1 aromatic heterocycles. The third-order valence-electron chi connectivity index (χ3n) is 8.06. The van der Waals surface area contributed by atoms with Gasteiger partial charge in [0.2, 0.25) is 17.7 Å². The molecule has 0 saturated heterocycles. The molecule has 3 amide bonds. The normalized spacial score (nSPS) is 14.5. The van der Waals surface area contributed by atoms with Crippen LogP contribution in [0, 0.1) is 5.92 Å². The zero-order chi connectivity index (χ0) is 32.3. The first-order valence-electron chi connectivity index (χ1n) is 15.2. The number of hydrogen-bond donors (Lipinski definition) is 6. The van der Waals surface area contributed by atoms with E-state index in [0.29, 0.717) is 6.42 Å². The first-order valence-corrected chi connectivity index (χ1v) is 15.2. The summed E-state index contributed by atoms with van der Waals surface area (Å²) in [5, 5.41) is 19.0. The standard InChI is InChI=1S/C35H41N5O5/c1-3-22(2)31(34(43)39-30(35(44)45)19-24-14-8-5-9-15-24)40-33(42)29(20-25-21-37-28-17-11-10-16-26(25)28)38-32(41)27(36)18-23-12-6-4-7-13-23/h4-17,21-22,27,29-31,37H,3,18-20,36H2,1-2H3,(H,38,41)(H,39,43)(H,40,42)(H,44,45). The van der Waals surface area contributed by atoms with Gasteiger partial charge in [-0.2, -0.15) is 0 Å². The van der Waals surface area contributed by atoms with Gasteiger partial charge in [-0.25, -0.2) is 4.79 Å². The number of aliphatic carboxylic acids is 1. The van der Waals surface area contributed by atoms with Crippen molar-refractivity contribution in [2.45, 2.75) is 63.7 Å². The quantitative estimate of drug-likeness (QED) is 0.121. The fourth-order valence-electron chi connectivity index (χ4n) is 5.24. The van der Waals surface area contributed by atoms with Gasteiger partial charge in [0.1, 0.15) is 18.1 Å². The third-order valence-corrected chi connectivity index (χ3v) is 8.06. The molecule has 236 valence electrons. The zero-order valence-electron chi connectivity index (χ0n) is 25.5.